The molecule has 5 nitrogen and oxygen atoms in total. The van der Waals surface area contributed by atoms with Gasteiger partial charge in [-0.3, -0.25) is 4.84 Å². The van der Waals surface area contributed by atoms with Gasteiger partial charge in [0.15, 0.2) is 5.58 Å². The summed E-state index contributed by atoms with van der Waals surface area (Å²) in [5.74, 6) is 0.669. The third-order valence-corrected chi connectivity index (χ3v) is 2.59. The number of fused-ring (bicyclic) bond motifs is 1. The summed E-state index contributed by atoms with van der Waals surface area (Å²) < 4.78 is 5.60. The predicted molar refractivity (Wildman–Crippen MR) is 59.4 cm³/mol. The molecule has 1 aromatic heterocycles. The number of nitrogens with zero attached hydrogens (tertiary/aromatic N) is 2. The van der Waals surface area contributed by atoms with Crippen LogP contribution in [-0.2, 0) is 11.4 Å². The predicted octanol–water partition coefficient (Wildman–Crippen LogP) is 1.55. The summed E-state index contributed by atoms with van der Waals surface area (Å²) in [5, 5.41) is 1.87. The number of hydrogen-bond acceptors (Lipinski definition) is 5. The van der Waals surface area contributed by atoms with Gasteiger partial charge >= 0.3 is 0 Å². The lowest BCUT2D eigenvalue weighted by molar-refractivity contribution is -0.121. The zero-order valence-electron chi connectivity index (χ0n) is 8.85. The molecule has 2 heterocycles. The van der Waals surface area contributed by atoms with Gasteiger partial charge in [-0.1, -0.05) is 0 Å². The molecule has 16 heavy (non-hydrogen) atoms. The molecule has 0 unspecified atom stereocenters. The summed E-state index contributed by atoms with van der Waals surface area (Å²) in [7, 11) is 0. The lowest BCUT2D eigenvalue weighted by Crippen LogP contribution is -2.17. The Balaban J connectivity index is 1.86. The molecule has 0 radical (unpaired) electrons. The Morgan fingerprint density at radius 3 is 3.19 bits per heavy atom. The van der Waals surface area contributed by atoms with Crippen molar-refractivity contribution in [3.63, 3.8) is 0 Å². The van der Waals surface area contributed by atoms with Crippen LogP contribution in [0, 0.1) is 0 Å². The molecule has 0 atom stereocenters. The fraction of sp³-hybridized carbons (Fsp3) is 0.364. The minimum absolute atomic E-state index is 0.592. The monoisotopic (exact) mass is 219 g/mol. The van der Waals surface area contributed by atoms with Gasteiger partial charge in [0, 0.05) is 18.3 Å². The van der Waals surface area contributed by atoms with Crippen molar-refractivity contribution >= 4 is 16.8 Å². The van der Waals surface area contributed by atoms with E-state index in [1.54, 1.807) is 6.07 Å². The highest BCUT2D eigenvalue weighted by Crippen LogP contribution is 2.20. The molecule has 0 spiro atoms. The molecule has 3 rings (SSSR count). The number of nitrogen functional groups attached to an aromatic ring is 1. The summed E-state index contributed by atoms with van der Waals surface area (Å²) in [5.41, 5.74) is 7.93. The molecule has 84 valence electrons. The topological polar surface area (TPSA) is 64.5 Å². The zero-order chi connectivity index (χ0) is 11.0. The number of hydroxylamine groups is 2. The highest BCUT2D eigenvalue weighted by molar-refractivity contribution is 5.76. The van der Waals surface area contributed by atoms with E-state index >= 15 is 0 Å². The van der Waals surface area contributed by atoms with Gasteiger partial charge in [0.25, 0.3) is 0 Å². The number of oxazole rings is 1. The van der Waals surface area contributed by atoms with Crippen molar-refractivity contribution in [1.82, 2.24) is 10.0 Å². The SMILES string of the molecule is Nc1ccc2nc(CN3CCCO3)oc2c1. The Labute approximate surface area is 92.7 Å². The summed E-state index contributed by atoms with van der Waals surface area (Å²) in [4.78, 5) is 9.76. The fourth-order valence-electron chi connectivity index (χ4n) is 1.83. The average Bonchev–Trinajstić information content (AvgIpc) is 2.86. The third-order valence-electron chi connectivity index (χ3n) is 2.59. The lowest BCUT2D eigenvalue weighted by Gasteiger charge is -2.09. The average molecular weight is 219 g/mol. The Morgan fingerprint density at radius 2 is 2.38 bits per heavy atom. The molecule has 1 aliphatic heterocycles. The Kier molecular flexibility index (Phi) is 2.27. The van der Waals surface area contributed by atoms with Crippen LogP contribution in [-0.4, -0.2) is 23.2 Å². The zero-order valence-corrected chi connectivity index (χ0v) is 8.85. The highest BCUT2D eigenvalue weighted by atomic mass is 16.7. The summed E-state index contributed by atoms with van der Waals surface area (Å²) in [6.45, 7) is 2.31. The van der Waals surface area contributed by atoms with Crippen LogP contribution < -0.4 is 5.73 Å². The van der Waals surface area contributed by atoms with Crippen LogP contribution in [0.25, 0.3) is 11.1 Å². The highest BCUT2D eigenvalue weighted by Gasteiger charge is 2.16. The largest absolute Gasteiger partial charge is 0.439 e. The van der Waals surface area contributed by atoms with E-state index in [1.165, 1.54) is 0 Å². The number of anilines is 1. The van der Waals surface area contributed by atoms with Crippen LogP contribution in [0.4, 0.5) is 5.69 Å². The second-order valence-electron chi connectivity index (χ2n) is 3.89. The van der Waals surface area contributed by atoms with E-state index in [0.29, 0.717) is 18.1 Å². The van der Waals surface area contributed by atoms with Gasteiger partial charge in [0.1, 0.15) is 12.1 Å². The molecule has 1 fully saturated rings. The van der Waals surface area contributed by atoms with Crippen LogP contribution in [0.3, 0.4) is 0 Å². The van der Waals surface area contributed by atoms with E-state index < -0.39 is 0 Å². The fourth-order valence-corrected chi connectivity index (χ4v) is 1.83. The number of aromatic nitrogens is 1. The quantitative estimate of drug-likeness (QED) is 0.776. The molecule has 0 aliphatic carbocycles. The number of benzene rings is 1. The molecule has 2 N–H and O–H groups in total. The van der Waals surface area contributed by atoms with Gasteiger partial charge in [-0.2, -0.15) is 5.06 Å². The van der Waals surface area contributed by atoms with Crippen molar-refractivity contribution in [2.24, 2.45) is 0 Å². The Bertz CT molecular complexity index is 503. The van der Waals surface area contributed by atoms with E-state index in [2.05, 4.69) is 4.98 Å². The molecule has 5 heteroatoms. The Hall–Kier alpha value is -1.59. The van der Waals surface area contributed by atoms with Gasteiger partial charge in [0.05, 0.1) is 6.61 Å². The van der Waals surface area contributed by atoms with Gasteiger partial charge in [-0.25, -0.2) is 4.98 Å². The number of nitrogens with two attached hydrogens (primary N) is 1. The first-order valence-electron chi connectivity index (χ1n) is 5.34. The Morgan fingerprint density at radius 1 is 1.44 bits per heavy atom. The third kappa shape index (κ3) is 1.75. The molecule has 1 aliphatic rings. The van der Waals surface area contributed by atoms with Crippen LogP contribution in [0.1, 0.15) is 12.3 Å². The first-order chi connectivity index (χ1) is 7.81. The van der Waals surface area contributed by atoms with E-state index in [1.807, 2.05) is 17.2 Å². The maximum Gasteiger partial charge on any atom is 0.212 e. The van der Waals surface area contributed by atoms with Crippen LogP contribution in [0.2, 0.25) is 0 Å². The van der Waals surface area contributed by atoms with Gasteiger partial charge < -0.3 is 10.2 Å². The van der Waals surface area contributed by atoms with E-state index in [0.717, 1.165) is 30.7 Å². The van der Waals surface area contributed by atoms with Crippen molar-refractivity contribution in [3.05, 3.63) is 24.1 Å². The normalized spacial score (nSPS) is 17.2. The summed E-state index contributed by atoms with van der Waals surface area (Å²) in [6, 6.07) is 5.47. The van der Waals surface area contributed by atoms with Crippen molar-refractivity contribution < 1.29 is 9.25 Å². The van der Waals surface area contributed by atoms with Crippen molar-refractivity contribution in [2.75, 3.05) is 18.9 Å². The van der Waals surface area contributed by atoms with Crippen LogP contribution in [0.5, 0.6) is 0 Å². The maximum atomic E-state index is 5.67. The molecular formula is C11H13N3O2. The molecule has 1 saturated heterocycles. The minimum atomic E-state index is 0.592. The second kappa shape index (κ2) is 3.77. The standard InChI is InChI=1S/C11H13N3O2/c12-8-2-3-9-10(6-8)16-11(13-9)7-14-4-1-5-15-14/h2-3,6H,1,4-5,7,12H2. The number of hydrogen-bond donors (Lipinski definition) is 1. The lowest BCUT2D eigenvalue weighted by atomic mass is 10.3. The first kappa shape index (κ1) is 9.62. The first-order valence-corrected chi connectivity index (χ1v) is 5.34. The van der Waals surface area contributed by atoms with Gasteiger partial charge in [0.2, 0.25) is 5.89 Å². The summed E-state index contributed by atoms with van der Waals surface area (Å²) >= 11 is 0. The van der Waals surface area contributed by atoms with E-state index in [9.17, 15) is 0 Å². The maximum absolute atomic E-state index is 5.67. The molecule has 1 aromatic carbocycles. The molecular weight excluding hydrogens is 206 g/mol. The smallest absolute Gasteiger partial charge is 0.212 e. The molecule has 0 saturated carbocycles. The van der Waals surface area contributed by atoms with E-state index in [-0.39, 0.29) is 0 Å². The van der Waals surface area contributed by atoms with Crippen molar-refractivity contribution in [3.8, 4) is 0 Å². The molecule has 0 amide bonds. The second-order valence-corrected chi connectivity index (χ2v) is 3.89. The van der Waals surface area contributed by atoms with Crippen LogP contribution >= 0.6 is 0 Å². The van der Waals surface area contributed by atoms with Crippen molar-refractivity contribution in [1.29, 1.82) is 0 Å². The van der Waals surface area contributed by atoms with Gasteiger partial charge in [-0.05, 0) is 18.6 Å². The van der Waals surface area contributed by atoms with Crippen molar-refractivity contribution in [2.45, 2.75) is 13.0 Å². The molecule has 0 bridgehead atoms. The summed E-state index contributed by atoms with van der Waals surface area (Å²) in [6.07, 6.45) is 1.06. The van der Waals surface area contributed by atoms with Crippen LogP contribution in [0.15, 0.2) is 22.6 Å². The van der Waals surface area contributed by atoms with E-state index in [4.69, 9.17) is 15.0 Å². The minimum Gasteiger partial charge on any atom is -0.439 e. The van der Waals surface area contributed by atoms with Gasteiger partial charge in [-0.15, -0.1) is 0 Å². The number of rotatable bonds is 2. The molecule has 2 aromatic rings.